The second-order valence-corrected chi connectivity index (χ2v) is 6.11. The van der Waals surface area contributed by atoms with Crippen LogP contribution in [0.2, 0.25) is 0 Å². The van der Waals surface area contributed by atoms with Gasteiger partial charge in [-0.05, 0) is 6.07 Å². The Morgan fingerprint density at radius 3 is 2.52 bits per heavy atom. The Morgan fingerprint density at radius 2 is 1.81 bits per heavy atom. The van der Waals surface area contributed by atoms with Gasteiger partial charge in [-0.2, -0.15) is 4.57 Å². The van der Waals surface area contributed by atoms with E-state index in [0.29, 0.717) is 29.1 Å². The fourth-order valence-corrected chi connectivity index (χ4v) is 2.75. The van der Waals surface area contributed by atoms with Gasteiger partial charge in [-0.1, -0.05) is 23.3 Å². The molecule has 7 nitrogen and oxygen atoms in total. The molecule has 4 aromatic rings. The molecule has 4 rings (SSSR count). The average Bonchev–Trinajstić information content (AvgIpc) is 3.07. The van der Waals surface area contributed by atoms with Gasteiger partial charge in [0.15, 0.2) is 5.65 Å². The van der Waals surface area contributed by atoms with Gasteiger partial charge in [0.25, 0.3) is 0 Å². The Hall–Kier alpha value is -3.13. The minimum atomic E-state index is -0.259. The van der Waals surface area contributed by atoms with E-state index >= 15 is 0 Å². The van der Waals surface area contributed by atoms with Crippen LogP contribution in [0.1, 0.15) is 5.56 Å². The summed E-state index contributed by atoms with van der Waals surface area (Å²) in [5, 5.41) is 12.1. The topological polar surface area (TPSA) is 63.6 Å². The summed E-state index contributed by atoms with van der Waals surface area (Å²) in [7, 11) is 3.96. The van der Waals surface area contributed by atoms with Gasteiger partial charge >= 0.3 is 5.82 Å². The zero-order chi connectivity index (χ0) is 18.1. The zero-order valence-electron chi connectivity index (χ0n) is 14.8. The number of hydrogen-bond acceptors (Lipinski definition) is 5. The van der Waals surface area contributed by atoms with Crippen LogP contribution >= 0.6 is 0 Å². The fourth-order valence-electron chi connectivity index (χ4n) is 2.75. The van der Waals surface area contributed by atoms with Crippen LogP contribution in [0.5, 0.6) is 0 Å². The first-order valence-electron chi connectivity index (χ1n) is 8.10. The van der Waals surface area contributed by atoms with Crippen molar-refractivity contribution in [2.45, 2.75) is 6.54 Å². The molecule has 0 saturated carbocycles. The molecule has 0 bridgehead atoms. The number of pyridine rings is 1. The molecule has 0 saturated heterocycles. The molecule has 1 aromatic carbocycles. The van der Waals surface area contributed by atoms with E-state index in [0.717, 1.165) is 5.69 Å². The number of aromatic nitrogens is 6. The van der Waals surface area contributed by atoms with Crippen molar-refractivity contribution in [1.82, 2.24) is 25.0 Å². The summed E-state index contributed by atoms with van der Waals surface area (Å²) in [6.45, 7) is 0.325. The number of imidazole rings is 1. The lowest BCUT2D eigenvalue weighted by Crippen LogP contribution is -3.00. The molecule has 0 unspecified atom stereocenters. The van der Waals surface area contributed by atoms with Crippen molar-refractivity contribution in [3.8, 4) is 5.82 Å². The van der Waals surface area contributed by atoms with E-state index in [-0.39, 0.29) is 18.2 Å². The third-order valence-electron chi connectivity index (χ3n) is 4.17. The lowest BCUT2D eigenvalue weighted by Gasteiger charge is -2.10. The van der Waals surface area contributed by atoms with Crippen molar-refractivity contribution in [3.05, 3.63) is 66.5 Å². The number of hydrogen-bond donors (Lipinski definition) is 0. The third-order valence-corrected chi connectivity index (χ3v) is 4.17. The molecular weight excluding hydrogens is 369 g/mol. The van der Waals surface area contributed by atoms with Crippen LogP contribution in [0.25, 0.3) is 17.0 Å². The molecule has 0 N–H and O–H groups in total. The van der Waals surface area contributed by atoms with E-state index in [2.05, 4.69) is 20.4 Å². The second-order valence-electron chi connectivity index (χ2n) is 6.11. The zero-order valence-corrected chi connectivity index (χ0v) is 15.5. The molecular formula is C18H17ClFN7. The van der Waals surface area contributed by atoms with Crippen molar-refractivity contribution in [2.24, 2.45) is 0 Å². The molecule has 0 atom stereocenters. The Bertz CT molecular complexity index is 1060. The predicted octanol–water partition coefficient (Wildman–Crippen LogP) is -1.24. The molecule has 138 valence electrons. The highest BCUT2D eigenvalue weighted by Gasteiger charge is 2.20. The van der Waals surface area contributed by atoms with Crippen LogP contribution in [0.15, 0.2) is 55.1 Å². The summed E-state index contributed by atoms with van der Waals surface area (Å²) in [6, 6.07) is 10.6. The third kappa shape index (κ3) is 3.56. The average molecular weight is 386 g/mol. The van der Waals surface area contributed by atoms with Gasteiger partial charge in [0, 0.05) is 37.5 Å². The van der Waals surface area contributed by atoms with Crippen LogP contribution in [0.4, 0.5) is 10.1 Å². The van der Waals surface area contributed by atoms with Gasteiger partial charge in [0.2, 0.25) is 5.52 Å². The van der Waals surface area contributed by atoms with Crippen molar-refractivity contribution in [3.63, 3.8) is 0 Å². The highest BCUT2D eigenvalue weighted by molar-refractivity contribution is 5.75. The summed E-state index contributed by atoms with van der Waals surface area (Å²) in [6.07, 6.45) is 5.43. The highest BCUT2D eigenvalue weighted by atomic mass is 35.5. The lowest BCUT2D eigenvalue weighted by atomic mass is 10.2. The quantitative estimate of drug-likeness (QED) is 0.411. The largest absolute Gasteiger partial charge is 1.00 e. The predicted molar refractivity (Wildman–Crippen MR) is 94.5 cm³/mol. The smallest absolute Gasteiger partial charge is 0.386 e. The summed E-state index contributed by atoms with van der Waals surface area (Å²) in [5.74, 6) is 0.317. The van der Waals surface area contributed by atoms with Crippen molar-refractivity contribution in [1.29, 1.82) is 0 Å². The minimum absolute atomic E-state index is 0. The van der Waals surface area contributed by atoms with Crippen molar-refractivity contribution in [2.75, 3.05) is 19.0 Å². The monoisotopic (exact) mass is 385 g/mol. The molecule has 3 heterocycles. The summed E-state index contributed by atoms with van der Waals surface area (Å²) in [5.41, 5.74) is 2.81. The lowest BCUT2D eigenvalue weighted by molar-refractivity contribution is -0.598. The van der Waals surface area contributed by atoms with Crippen molar-refractivity contribution >= 4 is 16.9 Å². The van der Waals surface area contributed by atoms with Crippen molar-refractivity contribution < 1.29 is 21.4 Å². The molecule has 0 aliphatic carbocycles. The SMILES string of the molecule is CN(C)c1cc[n+](-c2nnnc3c2ncn3Cc2ccccc2F)cc1.[Cl-]. The van der Waals surface area contributed by atoms with E-state index in [4.69, 9.17) is 0 Å². The van der Waals surface area contributed by atoms with E-state index in [1.807, 2.05) is 48.1 Å². The molecule has 0 radical (unpaired) electrons. The van der Waals surface area contributed by atoms with E-state index < -0.39 is 0 Å². The molecule has 0 spiro atoms. The molecule has 3 aromatic heterocycles. The molecule has 0 fully saturated rings. The number of fused-ring (bicyclic) bond motifs is 1. The Morgan fingerprint density at radius 1 is 1.07 bits per heavy atom. The summed E-state index contributed by atoms with van der Waals surface area (Å²) in [4.78, 5) is 6.44. The van der Waals surface area contributed by atoms with Crippen LogP contribution in [-0.4, -0.2) is 39.1 Å². The number of halogens is 2. The first-order valence-corrected chi connectivity index (χ1v) is 8.10. The fraction of sp³-hybridized carbons (Fsp3) is 0.167. The number of rotatable bonds is 4. The molecule has 0 amide bonds. The number of nitrogens with zero attached hydrogens (tertiary/aromatic N) is 7. The van der Waals surface area contributed by atoms with E-state index in [1.165, 1.54) is 6.07 Å². The summed E-state index contributed by atoms with van der Waals surface area (Å²) >= 11 is 0. The molecule has 27 heavy (non-hydrogen) atoms. The van der Waals surface area contributed by atoms with Gasteiger partial charge < -0.3 is 21.9 Å². The maximum absolute atomic E-state index is 13.9. The normalized spacial score (nSPS) is 10.6. The first-order chi connectivity index (χ1) is 12.6. The number of benzene rings is 1. The van der Waals surface area contributed by atoms with Gasteiger partial charge in [0.1, 0.15) is 10.9 Å². The molecule has 9 heteroatoms. The minimum Gasteiger partial charge on any atom is -1.00 e. The van der Waals surface area contributed by atoms with Crippen LogP contribution in [-0.2, 0) is 6.54 Å². The van der Waals surface area contributed by atoms with E-state index in [1.54, 1.807) is 29.1 Å². The summed E-state index contributed by atoms with van der Waals surface area (Å²) < 4.78 is 17.5. The Balaban J connectivity index is 0.00000210. The van der Waals surface area contributed by atoms with Crippen LogP contribution in [0.3, 0.4) is 0 Å². The van der Waals surface area contributed by atoms with E-state index in [9.17, 15) is 4.39 Å². The molecule has 0 aliphatic heterocycles. The number of anilines is 1. The van der Waals surface area contributed by atoms with Crippen LogP contribution in [0, 0.1) is 5.82 Å². The maximum atomic E-state index is 13.9. The maximum Gasteiger partial charge on any atom is 0.386 e. The first kappa shape index (κ1) is 18.7. The Kier molecular flexibility index (Phi) is 5.27. The van der Waals surface area contributed by atoms with Gasteiger partial charge in [-0.25, -0.2) is 9.37 Å². The standard InChI is InChI=1S/C18H17FN7.ClH/c1-24(2)14-7-9-25(10-8-14)17-16-18(22-23-21-17)26(12-20-16)11-13-5-3-4-6-15(13)19;/h3-10,12H,11H2,1-2H3;1H/q+1;/p-1. The van der Waals surface area contributed by atoms with Gasteiger partial charge in [0.05, 0.1) is 30.5 Å². The van der Waals surface area contributed by atoms with Crippen LogP contribution < -0.4 is 21.9 Å². The Labute approximate surface area is 161 Å². The highest BCUT2D eigenvalue weighted by Crippen LogP contribution is 2.16. The second kappa shape index (κ2) is 7.63. The van der Waals surface area contributed by atoms with Gasteiger partial charge in [-0.3, -0.25) is 0 Å². The van der Waals surface area contributed by atoms with Gasteiger partial charge in [-0.15, -0.1) is 0 Å². The molecule has 0 aliphatic rings.